The summed E-state index contributed by atoms with van der Waals surface area (Å²) >= 11 is 0. The second-order valence-corrected chi connectivity index (χ2v) is 8.34. The Morgan fingerprint density at radius 1 is 1.15 bits per heavy atom. The number of aliphatic hydroxyl groups excluding tert-OH is 1. The first-order valence-corrected chi connectivity index (χ1v) is 10.7. The van der Waals surface area contributed by atoms with Crippen molar-refractivity contribution in [1.82, 2.24) is 9.88 Å². The molecule has 0 bridgehead atoms. The highest BCUT2D eigenvalue weighted by Gasteiger charge is 2.23. The lowest BCUT2D eigenvalue weighted by Crippen LogP contribution is -2.47. The van der Waals surface area contributed by atoms with Gasteiger partial charge in [0.05, 0.1) is 17.3 Å². The number of fused-ring (bicyclic) bond motifs is 2. The van der Waals surface area contributed by atoms with Crippen molar-refractivity contribution in [2.45, 2.75) is 13.0 Å². The maximum atomic E-state index is 14.2. The summed E-state index contributed by atoms with van der Waals surface area (Å²) in [7, 11) is 0. The lowest BCUT2D eigenvalue weighted by Gasteiger charge is -2.37. The van der Waals surface area contributed by atoms with Crippen LogP contribution in [0.4, 0.5) is 15.8 Å². The minimum absolute atomic E-state index is 0. The molecule has 2 aromatic carbocycles. The van der Waals surface area contributed by atoms with Crippen molar-refractivity contribution in [3.63, 3.8) is 0 Å². The van der Waals surface area contributed by atoms with E-state index in [1.54, 1.807) is 18.2 Å². The first-order valence-electron chi connectivity index (χ1n) is 10.7. The van der Waals surface area contributed by atoms with E-state index in [2.05, 4.69) is 20.1 Å². The molecule has 0 aliphatic carbocycles. The molecule has 1 fully saturated rings. The van der Waals surface area contributed by atoms with Crippen LogP contribution in [0, 0.1) is 12.7 Å². The van der Waals surface area contributed by atoms with Crippen LogP contribution in [0.25, 0.3) is 10.9 Å². The van der Waals surface area contributed by atoms with Crippen LogP contribution in [0.15, 0.2) is 42.5 Å². The molecule has 5 rings (SSSR count). The van der Waals surface area contributed by atoms with Gasteiger partial charge in [-0.2, -0.15) is 0 Å². The number of anilines is 2. The molecule has 0 spiro atoms. The molecule has 1 aromatic heterocycles. The maximum absolute atomic E-state index is 14.2. The van der Waals surface area contributed by atoms with Gasteiger partial charge in [-0.25, -0.2) is 4.39 Å². The molecular formula is C24H26ClFN4O3. The first kappa shape index (κ1) is 23.2. The summed E-state index contributed by atoms with van der Waals surface area (Å²) in [6.45, 7) is 5.35. The number of aromatic nitrogens is 1. The van der Waals surface area contributed by atoms with Crippen LogP contribution in [0.3, 0.4) is 0 Å². The highest BCUT2D eigenvalue weighted by molar-refractivity contribution is 5.95. The molecule has 0 saturated carbocycles. The molecule has 3 heterocycles. The van der Waals surface area contributed by atoms with Gasteiger partial charge in [0.25, 0.3) is 5.91 Å². The van der Waals surface area contributed by atoms with Gasteiger partial charge in [-0.3, -0.25) is 14.7 Å². The lowest BCUT2D eigenvalue weighted by atomic mass is 10.1. The molecule has 3 aromatic rings. The number of aryl methyl sites for hydroxylation is 1. The van der Waals surface area contributed by atoms with Crippen molar-refractivity contribution < 1.29 is 19.0 Å². The number of nitrogens with zero attached hydrogens (tertiary/aromatic N) is 3. The fraction of sp³-hybridized carbons (Fsp3) is 0.333. The summed E-state index contributed by atoms with van der Waals surface area (Å²) in [4.78, 5) is 20.4. The number of aliphatic hydroxyl groups is 1. The molecule has 2 aliphatic rings. The number of benzene rings is 2. The van der Waals surface area contributed by atoms with Gasteiger partial charge >= 0.3 is 0 Å². The highest BCUT2D eigenvalue weighted by Crippen LogP contribution is 2.32. The minimum Gasteiger partial charge on any atom is -0.482 e. The Morgan fingerprint density at radius 2 is 1.94 bits per heavy atom. The number of carbonyl (C=O) groups is 1. The van der Waals surface area contributed by atoms with Crippen LogP contribution < -0.4 is 15.0 Å². The zero-order valence-electron chi connectivity index (χ0n) is 18.3. The van der Waals surface area contributed by atoms with Gasteiger partial charge in [0, 0.05) is 55.6 Å². The molecule has 1 amide bonds. The fourth-order valence-electron chi connectivity index (χ4n) is 4.38. The molecule has 2 N–H and O–H groups in total. The summed E-state index contributed by atoms with van der Waals surface area (Å²) in [6.07, 6.45) is -0.687. The smallest absolute Gasteiger partial charge is 0.262 e. The fourth-order valence-corrected chi connectivity index (χ4v) is 4.38. The van der Waals surface area contributed by atoms with Crippen molar-refractivity contribution >= 4 is 40.6 Å². The van der Waals surface area contributed by atoms with E-state index in [0.717, 1.165) is 48.5 Å². The molecule has 1 unspecified atom stereocenters. The average molecular weight is 473 g/mol. The quantitative estimate of drug-likeness (QED) is 0.606. The SMILES string of the molecule is Cc1ccc2c(N3CCN(CC(O)c4ccc5c(c4)NC(=O)CO5)CC3)cc(F)cc2n1.Cl. The summed E-state index contributed by atoms with van der Waals surface area (Å²) in [5.74, 6) is 0.128. The van der Waals surface area contributed by atoms with Gasteiger partial charge in [0.2, 0.25) is 0 Å². The van der Waals surface area contributed by atoms with E-state index in [1.165, 1.54) is 6.07 Å². The number of pyridine rings is 1. The van der Waals surface area contributed by atoms with Crippen LogP contribution in [-0.2, 0) is 4.79 Å². The van der Waals surface area contributed by atoms with Crippen LogP contribution in [-0.4, -0.2) is 60.2 Å². The zero-order valence-corrected chi connectivity index (χ0v) is 19.1. The van der Waals surface area contributed by atoms with E-state index in [1.807, 2.05) is 25.1 Å². The number of halogens is 2. The second-order valence-electron chi connectivity index (χ2n) is 8.34. The van der Waals surface area contributed by atoms with Gasteiger partial charge in [0.1, 0.15) is 11.6 Å². The van der Waals surface area contributed by atoms with E-state index in [4.69, 9.17) is 4.74 Å². The van der Waals surface area contributed by atoms with Crippen LogP contribution in [0.1, 0.15) is 17.4 Å². The van der Waals surface area contributed by atoms with Gasteiger partial charge in [-0.05, 0) is 42.8 Å². The van der Waals surface area contributed by atoms with E-state index in [-0.39, 0.29) is 30.7 Å². The molecule has 0 radical (unpaired) electrons. The molecular weight excluding hydrogens is 447 g/mol. The van der Waals surface area contributed by atoms with E-state index in [0.29, 0.717) is 23.5 Å². The normalized spacial score (nSPS) is 17.1. The van der Waals surface area contributed by atoms with Crippen molar-refractivity contribution in [3.05, 3.63) is 59.5 Å². The number of piperazine rings is 1. The third kappa shape index (κ3) is 4.88. The topological polar surface area (TPSA) is 77.9 Å². The van der Waals surface area contributed by atoms with Gasteiger partial charge in [-0.15, -0.1) is 12.4 Å². The Hall–Kier alpha value is -2.94. The Balaban J connectivity index is 0.00000259. The first-order chi connectivity index (χ1) is 15.5. The number of rotatable bonds is 4. The minimum atomic E-state index is -0.687. The number of ether oxygens (including phenoxy) is 1. The average Bonchev–Trinajstić information content (AvgIpc) is 2.78. The summed E-state index contributed by atoms with van der Waals surface area (Å²) < 4.78 is 19.6. The standard InChI is InChI=1S/C24H25FN4O3.ClH/c1-15-2-4-18-19(26-15)11-17(25)12-21(18)29-8-6-28(7-9-29)13-22(30)16-3-5-23-20(10-16)27-24(31)14-32-23;/h2-5,10-12,22,30H,6-9,13-14H2,1H3,(H,27,31);1H. The van der Waals surface area contributed by atoms with Crippen molar-refractivity contribution in [2.75, 3.05) is 49.5 Å². The Kier molecular flexibility index (Phi) is 6.69. The number of nitrogens with one attached hydrogen (secondary N) is 1. The molecule has 1 saturated heterocycles. The third-order valence-corrected chi connectivity index (χ3v) is 6.05. The number of β-amino-alcohol motifs (C(OH)–C–C–N with tert-alkyl or cyclic N) is 1. The van der Waals surface area contributed by atoms with E-state index in [9.17, 15) is 14.3 Å². The van der Waals surface area contributed by atoms with Gasteiger partial charge in [-0.1, -0.05) is 6.07 Å². The summed E-state index contributed by atoms with van der Waals surface area (Å²) in [5, 5.41) is 14.5. The Morgan fingerprint density at radius 3 is 2.73 bits per heavy atom. The van der Waals surface area contributed by atoms with E-state index < -0.39 is 6.10 Å². The zero-order chi connectivity index (χ0) is 22.2. The van der Waals surface area contributed by atoms with Crippen LogP contribution >= 0.6 is 12.4 Å². The number of carbonyl (C=O) groups excluding carboxylic acids is 1. The Bertz CT molecular complexity index is 1180. The molecule has 9 heteroatoms. The Labute approximate surface area is 197 Å². The van der Waals surface area contributed by atoms with Crippen molar-refractivity contribution in [3.8, 4) is 5.75 Å². The summed E-state index contributed by atoms with van der Waals surface area (Å²) in [5.41, 5.74) is 3.71. The van der Waals surface area contributed by atoms with E-state index >= 15 is 0 Å². The van der Waals surface area contributed by atoms with Crippen molar-refractivity contribution in [2.24, 2.45) is 0 Å². The monoisotopic (exact) mass is 472 g/mol. The predicted molar refractivity (Wildman–Crippen MR) is 128 cm³/mol. The highest BCUT2D eigenvalue weighted by atomic mass is 35.5. The van der Waals surface area contributed by atoms with Gasteiger partial charge < -0.3 is 20.1 Å². The second kappa shape index (κ2) is 9.51. The van der Waals surface area contributed by atoms with Crippen molar-refractivity contribution in [1.29, 1.82) is 0 Å². The molecule has 174 valence electrons. The molecule has 1 atom stereocenters. The third-order valence-electron chi connectivity index (χ3n) is 6.05. The van der Waals surface area contributed by atoms with Crippen LogP contribution in [0.5, 0.6) is 5.75 Å². The lowest BCUT2D eigenvalue weighted by molar-refractivity contribution is -0.118. The maximum Gasteiger partial charge on any atom is 0.262 e. The molecule has 7 nitrogen and oxygen atoms in total. The van der Waals surface area contributed by atoms with Gasteiger partial charge in [0.15, 0.2) is 6.61 Å². The van der Waals surface area contributed by atoms with Crippen LogP contribution in [0.2, 0.25) is 0 Å². The number of hydrogen-bond acceptors (Lipinski definition) is 6. The summed E-state index contributed by atoms with van der Waals surface area (Å²) in [6, 6.07) is 12.4. The predicted octanol–water partition coefficient (Wildman–Crippen LogP) is 3.29. The number of hydrogen-bond donors (Lipinski definition) is 2. The number of amides is 1. The molecule has 2 aliphatic heterocycles. The molecule has 33 heavy (non-hydrogen) atoms. The largest absolute Gasteiger partial charge is 0.482 e.